The number of benzene rings is 1. The van der Waals surface area contributed by atoms with E-state index in [1.54, 1.807) is 13.0 Å². The molecule has 0 spiro atoms. The smallest absolute Gasteiger partial charge is 0.126 e. The highest BCUT2D eigenvalue weighted by molar-refractivity contribution is 5.23. The van der Waals surface area contributed by atoms with Crippen molar-refractivity contribution < 1.29 is 4.39 Å². The molecule has 2 heteroatoms. The van der Waals surface area contributed by atoms with E-state index in [1.807, 2.05) is 12.1 Å². The second kappa shape index (κ2) is 4.09. The van der Waals surface area contributed by atoms with Crippen molar-refractivity contribution in [1.82, 2.24) is 5.32 Å². The number of hydrogen-bond acceptors (Lipinski definition) is 1. The van der Waals surface area contributed by atoms with Gasteiger partial charge in [-0.25, -0.2) is 4.39 Å². The molecular weight excluding hydrogens is 177 g/mol. The molecule has 0 amide bonds. The van der Waals surface area contributed by atoms with Gasteiger partial charge in [-0.1, -0.05) is 12.1 Å². The Labute approximate surface area is 84.3 Å². The summed E-state index contributed by atoms with van der Waals surface area (Å²) < 4.78 is 13.2. The molecule has 0 aliphatic carbocycles. The van der Waals surface area contributed by atoms with E-state index in [2.05, 4.69) is 5.32 Å². The molecule has 0 aromatic heterocycles. The fourth-order valence-corrected chi connectivity index (χ4v) is 1.99. The van der Waals surface area contributed by atoms with E-state index in [0.717, 1.165) is 30.6 Å². The van der Waals surface area contributed by atoms with Gasteiger partial charge < -0.3 is 5.32 Å². The molecule has 1 N–H and O–H groups in total. The maximum atomic E-state index is 13.2. The van der Waals surface area contributed by atoms with Crippen LogP contribution >= 0.6 is 0 Å². The molecule has 1 aliphatic heterocycles. The zero-order chi connectivity index (χ0) is 9.97. The first-order valence-corrected chi connectivity index (χ1v) is 5.21. The second-order valence-corrected chi connectivity index (χ2v) is 4.15. The summed E-state index contributed by atoms with van der Waals surface area (Å²) in [5, 5.41) is 3.32. The lowest BCUT2D eigenvalue weighted by molar-refractivity contribution is 0.571. The van der Waals surface area contributed by atoms with Gasteiger partial charge in [-0.15, -0.1) is 0 Å². The fraction of sp³-hybridized carbons (Fsp3) is 0.500. The highest BCUT2D eigenvalue weighted by Crippen LogP contribution is 2.17. The van der Waals surface area contributed by atoms with Crippen molar-refractivity contribution in [1.29, 1.82) is 0 Å². The lowest BCUT2D eigenvalue weighted by Crippen LogP contribution is -2.10. The van der Waals surface area contributed by atoms with E-state index >= 15 is 0 Å². The van der Waals surface area contributed by atoms with Crippen molar-refractivity contribution in [2.24, 2.45) is 5.92 Å². The first kappa shape index (κ1) is 9.66. The SMILES string of the molecule is Cc1ccc(C[C@H]2CCNC2)cc1F. The van der Waals surface area contributed by atoms with Gasteiger partial charge in [-0.3, -0.25) is 0 Å². The van der Waals surface area contributed by atoms with E-state index in [4.69, 9.17) is 0 Å². The molecule has 1 atom stereocenters. The van der Waals surface area contributed by atoms with Gasteiger partial charge in [0.05, 0.1) is 0 Å². The molecule has 1 aromatic rings. The first-order chi connectivity index (χ1) is 6.75. The molecule has 14 heavy (non-hydrogen) atoms. The van der Waals surface area contributed by atoms with Crippen LogP contribution in [0, 0.1) is 18.7 Å². The van der Waals surface area contributed by atoms with E-state index in [0.29, 0.717) is 5.92 Å². The molecule has 1 aliphatic rings. The molecule has 1 heterocycles. The molecule has 0 saturated carbocycles. The van der Waals surface area contributed by atoms with Gasteiger partial charge in [0.15, 0.2) is 0 Å². The summed E-state index contributed by atoms with van der Waals surface area (Å²) in [6.07, 6.45) is 2.22. The average Bonchev–Trinajstić information content (AvgIpc) is 2.64. The maximum absolute atomic E-state index is 13.2. The largest absolute Gasteiger partial charge is 0.316 e. The minimum Gasteiger partial charge on any atom is -0.316 e. The minimum absolute atomic E-state index is 0.0755. The van der Waals surface area contributed by atoms with Crippen molar-refractivity contribution in [2.45, 2.75) is 19.8 Å². The molecule has 2 rings (SSSR count). The molecule has 76 valence electrons. The number of halogens is 1. The fourth-order valence-electron chi connectivity index (χ4n) is 1.99. The summed E-state index contributed by atoms with van der Waals surface area (Å²) in [6.45, 7) is 3.99. The Morgan fingerprint density at radius 3 is 3.00 bits per heavy atom. The normalized spacial score (nSPS) is 21.4. The van der Waals surface area contributed by atoms with E-state index in [-0.39, 0.29) is 5.82 Å². The lowest BCUT2D eigenvalue weighted by Gasteiger charge is -2.08. The van der Waals surface area contributed by atoms with Crippen molar-refractivity contribution in [3.8, 4) is 0 Å². The Hall–Kier alpha value is -0.890. The summed E-state index contributed by atoms with van der Waals surface area (Å²) in [7, 11) is 0. The minimum atomic E-state index is -0.0755. The van der Waals surface area contributed by atoms with Gasteiger partial charge in [-0.2, -0.15) is 0 Å². The number of nitrogens with one attached hydrogen (secondary N) is 1. The van der Waals surface area contributed by atoms with Crippen molar-refractivity contribution >= 4 is 0 Å². The summed E-state index contributed by atoms with van der Waals surface area (Å²) in [6, 6.07) is 5.58. The van der Waals surface area contributed by atoms with Gasteiger partial charge in [0, 0.05) is 0 Å². The highest BCUT2D eigenvalue weighted by atomic mass is 19.1. The standard InChI is InChI=1S/C12H16FN/c1-9-2-3-10(7-12(9)13)6-11-4-5-14-8-11/h2-3,7,11,14H,4-6,8H2,1H3/t11-/m1/s1. The van der Waals surface area contributed by atoms with Crippen LogP contribution in [0.4, 0.5) is 4.39 Å². The van der Waals surface area contributed by atoms with Crippen molar-refractivity contribution in [3.63, 3.8) is 0 Å². The molecule has 1 saturated heterocycles. The summed E-state index contributed by atoms with van der Waals surface area (Å²) in [5.74, 6) is 0.616. The Morgan fingerprint density at radius 1 is 1.50 bits per heavy atom. The van der Waals surface area contributed by atoms with E-state index < -0.39 is 0 Å². The molecule has 1 nitrogen and oxygen atoms in total. The third-order valence-corrected chi connectivity index (χ3v) is 2.92. The Morgan fingerprint density at radius 2 is 2.36 bits per heavy atom. The second-order valence-electron chi connectivity index (χ2n) is 4.15. The Bertz CT molecular complexity index is 316. The van der Waals surface area contributed by atoms with Gasteiger partial charge in [0.1, 0.15) is 5.82 Å². The predicted molar refractivity (Wildman–Crippen MR) is 55.8 cm³/mol. The van der Waals surface area contributed by atoms with E-state index in [1.165, 1.54) is 6.42 Å². The molecule has 0 unspecified atom stereocenters. The molecule has 1 aromatic carbocycles. The van der Waals surface area contributed by atoms with Crippen LogP contribution in [0.15, 0.2) is 18.2 Å². The van der Waals surface area contributed by atoms with Gasteiger partial charge in [0.25, 0.3) is 0 Å². The monoisotopic (exact) mass is 193 g/mol. The third kappa shape index (κ3) is 2.13. The zero-order valence-corrected chi connectivity index (χ0v) is 8.52. The third-order valence-electron chi connectivity index (χ3n) is 2.92. The summed E-state index contributed by atoms with van der Waals surface area (Å²) in [4.78, 5) is 0. The summed E-state index contributed by atoms with van der Waals surface area (Å²) in [5.41, 5.74) is 1.86. The molecule has 0 bridgehead atoms. The Balaban J connectivity index is 2.05. The van der Waals surface area contributed by atoms with Crippen molar-refractivity contribution in [2.75, 3.05) is 13.1 Å². The van der Waals surface area contributed by atoms with Gasteiger partial charge in [-0.05, 0) is 56.0 Å². The van der Waals surface area contributed by atoms with E-state index in [9.17, 15) is 4.39 Å². The van der Waals surface area contributed by atoms with Crippen LogP contribution in [0.5, 0.6) is 0 Å². The van der Waals surface area contributed by atoms with Crippen LogP contribution in [-0.2, 0) is 6.42 Å². The lowest BCUT2D eigenvalue weighted by atomic mass is 9.98. The van der Waals surface area contributed by atoms with Crippen LogP contribution in [-0.4, -0.2) is 13.1 Å². The van der Waals surface area contributed by atoms with Gasteiger partial charge in [0.2, 0.25) is 0 Å². The number of aryl methyl sites for hydroxylation is 1. The van der Waals surface area contributed by atoms with Gasteiger partial charge >= 0.3 is 0 Å². The number of hydrogen-bond donors (Lipinski definition) is 1. The van der Waals surface area contributed by atoms with Crippen LogP contribution < -0.4 is 5.32 Å². The Kier molecular flexibility index (Phi) is 2.82. The first-order valence-electron chi connectivity index (χ1n) is 5.21. The molecular formula is C12H16FN. The van der Waals surface area contributed by atoms with Crippen molar-refractivity contribution in [3.05, 3.63) is 35.1 Å². The zero-order valence-electron chi connectivity index (χ0n) is 8.52. The molecule has 0 radical (unpaired) electrons. The van der Waals surface area contributed by atoms with Crippen LogP contribution in [0.2, 0.25) is 0 Å². The van der Waals surface area contributed by atoms with Crippen LogP contribution in [0.25, 0.3) is 0 Å². The maximum Gasteiger partial charge on any atom is 0.126 e. The van der Waals surface area contributed by atoms with Crippen LogP contribution in [0.1, 0.15) is 17.5 Å². The highest BCUT2D eigenvalue weighted by Gasteiger charge is 2.14. The topological polar surface area (TPSA) is 12.0 Å². The summed E-state index contributed by atoms with van der Waals surface area (Å²) >= 11 is 0. The number of rotatable bonds is 2. The van der Waals surface area contributed by atoms with Crippen LogP contribution in [0.3, 0.4) is 0 Å². The predicted octanol–water partition coefficient (Wildman–Crippen LogP) is 2.29. The average molecular weight is 193 g/mol. The quantitative estimate of drug-likeness (QED) is 0.760. The molecule has 1 fully saturated rings.